The van der Waals surface area contributed by atoms with Gasteiger partial charge in [-0.05, 0) is 58.7 Å². The number of hydrogen-bond donors (Lipinski definition) is 1. The third-order valence-corrected chi connectivity index (χ3v) is 4.42. The van der Waals surface area contributed by atoms with Crippen molar-refractivity contribution < 1.29 is 4.74 Å². The van der Waals surface area contributed by atoms with E-state index in [-0.39, 0.29) is 0 Å². The Kier molecular flexibility index (Phi) is 6.46. The van der Waals surface area contributed by atoms with E-state index in [2.05, 4.69) is 17.1 Å². The Hall–Kier alpha value is -0.120. The molecule has 3 heteroatoms. The average molecular weight is 254 g/mol. The number of hydrogen-bond acceptors (Lipinski definition) is 3. The van der Waals surface area contributed by atoms with Crippen molar-refractivity contribution in [2.75, 3.05) is 32.8 Å². The molecule has 0 amide bonds. The number of piperidine rings is 1. The fraction of sp³-hybridized carbons (Fsp3) is 1.00. The molecule has 2 fully saturated rings. The molecule has 2 rings (SSSR count). The zero-order valence-electron chi connectivity index (χ0n) is 12.0. The minimum atomic E-state index is 0.521. The molecule has 3 nitrogen and oxygen atoms in total. The quantitative estimate of drug-likeness (QED) is 0.763. The standard InChI is InChI=1S/C15H30N2O/c1-14-6-3-2-4-11-17(14)12-5-13-18-15-7-9-16-10-8-15/h14-16H,2-13H2,1H3. The van der Waals surface area contributed by atoms with E-state index >= 15 is 0 Å². The molecule has 0 spiro atoms. The molecule has 2 aliphatic rings. The summed E-state index contributed by atoms with van der Waals surface area (Å²) in [5.74, 6) is 0. The van der Waals surface area contributed by atoms with Crippen LogP contribution in [0.1, 0.15) is 51.9 Å². The van der Waals surface area contributed by atoms with E-state index in [0.717, 1.165) is 25.7 Å². The van der Waals surface area contributed by atoms with E-state index in [1.807, 2.05) is 0 Å². The van der Waals surface area contributed by atoms with E-state index in [1.165, 1.54) is 58.0 Å². The first-order chi connectivity index (χ1) is 8.86. The van der Waals surface area contributed by atoms with Crippen LogP contribution in [0.25, 0.3) is 0 Å². The Bertz CT molecular complexity index is 217. The molecule has 18 heavy (non-hydrogen) atoms. The van der Waals surface area contributed by atoms with Crippen molar-refractivity contribution in [2.45, 2.75) is 64.0 Å². The van der Waals surface area contributed by atoms with E-state index in [9.17, 15) is 0 Å². The summed E-state index contributed by atoms with van der Waals surface area (Å²) in [6.45, 7) is 8.13. The van der Waals surface area contributed by atoms with Crippen LogP contribution in [0.2, 0.25) is 0 Å². The van der Waals surface area contributed by atoms with Crippen molar-refractivity contribution >= 4 is 0 Å². The maximum Gasteiger partial charge on any atom is 0.0599 e. The minimum absolute atomic E-state index is 0.521. The first-order valence-electron chi connectivity index (χ1n) is 7.92. The van der Waals surface area contributed by atoms with Crippen LogP contribution in [-0.4, -0.2) is 49.8 Å². The highest BCUT2D eigenvalue weighted by Crippen LogP contribution is 2.16. The molecular formula is C15H30N2O. The van der Waals surface area contributed by atoms with E-state index in [1.54, 1.807) is 0 Å². The maximum absolute atomic E-state index is 5.97. The molecule has 1 unspecified atom stereocenters. The fourth-order valence-corrected chi connectivity index (χ4v) is 3.15. The molecule has 0 bridgehead atoms. The van der Waals surface area contributed by atoms with Crippen molar-refractivity contribution in [3.8, 4) is 0 Å². The molecule has 2 aliphatic heterocycles. The van der Waals surface area contributed by atoms with Crippen LogP contribution in [0.5, 0.6) is 0 Å². The third-order valence-electron chi connectivity index (χ3n) is 4.42. The van der Waals surface area contributed by atoms with Crippen molar-refractivity contribution in [3.05, 3.63) is 0 Å². The molecule has 106 valence electrons. The summed E-state index contributed by atoms with van der Waals surface area (Å²) >= 11 is 0. The summed E-state index contributed by atoms with van der Waals surface area (Å²) < 4.78 is 5.97. The van der Waals surface area contributed by atoms with Gasteiger partial charge in [-0.3, -0.25) is 0 Å². The van der Waals surface area contributed by atoms with Crippen LogP contribution >= 0.6 is 0 Å². The second kappa shape index (κ2) is 8.13. The summed E-state index contributed by atoms with van der Waals surface area (Å²) in [4.78, 5) is 2.67. The Morgan fingerprint density at radius 3 is 2.78 bits per heavy atom. The zero-order valence-corrected chi connectivity index (χ0v) is 12.0. The second-order valence-electron chi connectivity index (χ2n) is 5.91. The smallest absolute Gasteiger partial charge is 0.0599 e. The Morgan fingerprint density at radius 1 is 1.11 bits per heavy atom. The van der Waals surface area contributed by atoms with E-state index in [4.69, 9.17) is 4.74 Å². The lowest BCUT2D eigenvalue weighted by atomic mass is 10.1. The number of rotatable bonds is 5. The molecule has 1 N–H and O–H groups in total. The van der Waals surface area contributed by atoms with Crippen LogP contribution in [-0.2, 0) is 4.74 Å². The fourth-order valence-electron chi connectivity index (χ4n) is 3.15. The topological polar surface area (TPSA) is 24.5 Å². The van der Waals surface area contributed by atoms with Crippen molar-refractivity contribution in [2.24, 2.45) is 0 Å². The van der Waals surface area contributed by atoms with Gasteiger partial charge in [0.05, 0.1) is 6.10 Å². The van der Waals surface area contributed by atoms with E-state index < -0.39 is 0 Å². The second-order valence-corrected chi connectivity index (χ2v) is 5.91. The molecule has 1 atom stereocenters. The molecule has 2 saturated heterocycles. The molecule has 0 aromatic rings. The van der Waals surface area contributed by atoms with Crippen LogP contribution in [0, 0.1) is 0 Å². The van der Waals surface area contributed by atoms with Crippen LogP contribution in [0.4, 0.5) is 0 Å². The largest absolute Gasteiger partial charge is 0.378 e. The van der Waals surface area contributed by atoms with Crippen LogP contribution in [0.3, 0.4) is 0 Å². The molecule has 0 aliphatic carbocycles. The molecule has 0 aromatic carbocycles. The molecule has 0 saturated carbocycles. The highest BCUT2D eigenvalue weighted by Gasteiger charge is 2.17. The normalized spacial score (nSPS) is 28.2. The summed E-state index contributed by atoms with van der Waals surface area (Å²) in [6.07, 6.45) is 9.73. The summed E-state index contributed by atoms with van der Waals surface area (Å²) in [6, 6.07) is 0.784. The molecular weight excluding hydrogens is 224 g/mol. The predicted molar refractivity (Wildman–Crippen MR) is 76.0 cm³/mol. The first-order valence-corrected chi connectivity index (χ1v) is 7.92. The van der Waals surface area contributed by atoms with Gasteiger partial charge in [0, 0.05) is 19.2 Å². The van der Waals surface area contributed by atoms with Gasteiger partial charge in [0.25, 0.3) is 0 Å². The third kappa shape index (κ3) is 4.87. The van der Waals surface area contributed by atoms with Crippen molar-refractivity contribution in [3.63, 3.8) is 0 Å². The minimum Gasteiger partial charge on any atom is -0.378 e. The molecule has 0 radical (unpaired) electrons. The predicted octanol–water partition coefficient (Wildman–Crippen LogP) is 2.41. The van der Waals surface area contributed by atoms with Gasteiger partial charge < -0.3 is 15.0 Å². The van der Waals surface area contributed by atoms with Gasteiger partial charge in [-0.25, -0.2) is 0 Å². The zero-order chi connectivity index (χ0) is 12.6. The summed E-state index contributed by atoms with van der Waals surface area (Å²) in [5.41, 5.74) is 0. The van der Waals surface area contributed by atoms with Crippen LogP contribution < -0.4 is 5.32 Å². The van der Waals surface area contributed by atoms with Gasteiger partial charge in [-0.1, -0.05) is 12.8 Å². The number of likely N-dealkylation sites (tertiary alicyclic amines) is 1. The van der Waals surface area contributed by atoms with Crippen molar-refractivity contribution in [1.29, 1.82) is 0 Å². The Labute approximate surface area is 112 Å². The highest BCUT2D eigenvalue weighted by molar-refractivity contribution is 4.72. The van der Waals surface area contributed by atoms with E-state index in [0.29, 0.717) is 6.10 Å². The lowest BCUT2D eigenvalue weighted by Crippen LogP contribution is -2.35. The number of nitrogens with one attached hydrogen (secondary N) is 1. The summed E-state index contributed by atoms with van der Waals surface area (Å²) in [5, 5.41) is 3.38. The van der Waals surface area contributed by atoms with Gasteiger partial charge in [-0.15, -0.1) is 0 Å². The monoisotopic (exact) mass is 254 g/mol. The SMILES string of the molecule is CC1CCCCCN1CCCOC1CCNCC1. The van der Waals surface area contributed by atoms with Gasteiger partial charge in [0.15, 0.2) is 0 Å². The molecule has 0 aromatic heterocycles. The Morgan fingerprint density at radius 2 is 1.94 bits per heavy atom. The molecule has 2 heterocycles. The number of ether oxygens (including phenoxy) is 1. The number of nitrogens with zero attached hydrogens (tertiary/aromatic N) is 1. The highest BCUT2D eigenvalue weighted by atomic mass is 16.5. The first kappa shape index (κ1) is 14.3. The van der Waals surface area contributed by atoms with Gasteiger partial charge in [0.1, 0.15) is 0 Å². The van der Waals surface area contributed by atoms with Crippen molar-refractivity contribution in [1.82, 2.24) is 10.2 Å². The lowest BCUT2D eigenvalue weighted by Gasteiger charge is -2.27. The average Bonchev–Trinajstić information content (AvgIpc) is 2.61. The summed E-state index contributed by atoms with van der Waals surface area (Å²) in [7, 11) is 0. The maximum atomic E-state index is 5.97. The Balaban J connectivity index is 1.56. The van der Waals surface area contributed by atoms with Gasteiger partial charge >= 0.3 is 0 Å². The van der Waals surface area contributed by atoms with Gasteiger partial charge in [0.2, 0.25) is 0 Å². The lowest BCUT2D eigenvalue weighted by molar-refractivity contribution is 0.0263. The van der Waals surface area contributed by atoms with Gasteiger partial charge in [-0.2, -0.15) is 0 Å². The van der Waals surface area contributed by atoms with Crippen LogP contribution in [0.15, 0.2) is 0 Å².